The van der Waals surface area contributed by atoms with Gasteiger partial charge in [-0.2, -0.15) is 13.2 Å². The van der Waals surface area contributed by atoms with E-state index in [1.807, 2.05) is 6.92 Å². The van der Waals surface area contributed by atoms with Crippen LogP contribution in [0.5, 0.6) is 0 Å². The molecule has 5 nitrogen and oxygen atoms in total. The molecule has 0 saturated carbocycles. The highest BCUT2D eigenvalue weighted by atomic mass is 19.4. The Kier molecular flexibility index (Phi) is 6.06. The van der Waals surface area contributed by atoms with Crippen molar-refractivity contribution in [2.45, 2.75) is 19.1 Å². The molecule has 0 radical (unpaired) electrons. The van der Waals surface area contributed by atoms with E-state index in [1.165, 1.54) is 12.1 Å². The molecule has 1 unspecified atom stereocenters. The van der Waals surface area contributed by atoms with Crippen LogP contribution < -0.4 is 10.6 Å². The second-order valence-corrected chi connectivity index (χ2v) is 6.18. The molecule has 1 aromatic carbocycles. The standard InChI is InChI=1S/C16H23F3N4O/c1-12(11-23-9-7-22(2)8-10-23)20-15(24)21-14-5-3-13(4-6-14)16(17,18)19/h3-6,12H,7-11H2,1-2H3,(H2,20,21,24). The molecule has 1 aliphatic rings. The third-order valence-corrected chi connectivity index (χ3v) is 3.98. The quantitative estimate of drug-likeness (QED) is 0.882. The topological polar surface area (TPSA) is 47.6 Å². The first-order valence-corrected chi connectivity index (χ1v) is 7.90. The van der Waals surface area contributed by atoms with E-state index in [1.54, 1.807) is 0 Å². The van der Waals surface area contributed by atoms with Gasteiger partial charge in [0.05, 0.1) is 5.56 Å². The van der Waals surface area contributed by atoms with E-state index in [4.69, 9.17) is 0 Å². The van der Waals surface area contributed by atoms with E-state index in [2.05, 4.69) is 27.5 Å². The van der Waals surface area contributed by atoms with Crippen LogP contribution >= 0.6 is 0 Å². The Hall–Kier alpha value is -1.80. The molecule has 0 spiro atoms. The molecule has 0 bridgehead atoms. The number of likely N-dealkylation sites (N-methyl/N-ethyl adjacent to an activating group) is 1. The summed E-state index contributed by atoms with van der Waals surface area (Å²) in [6, 6.07) is 3.91. The third kappa shape index (κ3) is 5.68. The van der Waals surface area contributed by atoms with Crippen LogP contribution in [0.15, 0.2) is 24.3 Å². The Labute approximate surface area is 139 Å². The van der Waals surface area contributed by atoms with Gasteiger partial charge in [-0.15, -0.1) is 0 Å². The van der Waals surface area contributed by atoms with E-state index in [9.17, 15) is 18.0 Å². The summed E-state index contributed by atoms with van der Waals surface area (Å²) in [5.74, 6) is 0. The maximum Gasteiger partial charge on any atom is 0.416 e. The number of amides is 2. The summed E-state index contributed by atoms with van der Waals surface area (Å²) in [7, 11) is 2.08. The Morgan fingerprint density at radius 2 is 1.75 bits per heavy atom. The summed E-state index contributed by atoms with van der Waals surface area (Å²) in [6.07, 6.45) is -4.38. The smallest absolute Gasteiger partial charge is 0.334 e. The summed E-state index contributed by atoms with van der Waals surface area (Å²) in [6.45, 7) is 6.58. The number of alkyl halides is 3. The Morgan fingerprint density at radius 1 is 1.17 bits per heavy atom. The molecule has 1 saturated heterocycles. The molecule has 24 heavy (non-hydrogen) atoms. The van der Waals surface area contributed by atoms with Gasteiger partial charge in [0.25, 0.3) is 0 Å². The minimum absolute atomic E-state index is 0.0529. The number of hydrogen-bond donors (Lipinski definition) is 2. The predicted molar refractivity (Wildman–Crippen MR) is 87.0 cm³/mol. The van der Waals surface area contributed by atoms with Gasteiger partial charge in [0.1, 0.15) is 0 Å². The normalized spacial score (nSPS) is 18.2. The van der Waals surface area contributed by atoms with Gasteiger partial charge in [0, 0.05) is 44.5 Å². The fourth-order valence-electron chi connectivity index (χ4n) is 2.60. The number of halogens is 3. The van der Waals surface area contributed by atoms with Crippen LogP contribution in [0.1, 0.15) is 12.5 Å². The van der Waals surface area contributed by atoms with Gasteiger partial charge in [-0.25, -0.2) is 4.79 Å². The maximum atomic E-state index is 12.5. The van der Waals surface area contributed by atoms with E-state index >= 15 is 0 Å². The highest BCUT2D eigenvalue weighted by Gasteiger charge is 2.30. The number of carbonyl (C=O) groups excluding carboxylic acids is 1. The van der Waals surface area contributed by atoms with Crippen LogP contribution in [0.4, 0.5) is 23.7 Å². The van der Waals surface area contributed by atoms with Crippen molar-refractivity contribution in [3.8, 4) is 0 Å². The van der Waals surface area contributed by atoms with Crippen molar-refractivity contribution in [3.63, 3.8) is 0 Å². The van der Waals surface area contributed by atoms with E-state index in [-0.39, 0.29) is 6.04 Å². The lowest BCUT2D eigenvalue weighted by Gasteiger charge is -2.34. The average molecular weight is 344 g/mol. The van der Waals surface area contributed by atoms with Gasteiger partial charge in [0.15, 0.2) is 0 Å². The van der Waals surface area contributed by atoms with Crippen LogP contribution in [-0.2, 0) is 6.18 Å². The summed E-state index contributed by atoms with van der Waals surface area (Å²) in [5, 5.41) is 5.36. The summed E-state index contributed by atoms with van der Waals surface area (Å²) < 4.78 is 37.5. The van der Waals surface area contributed by atoms with Crippen molar-refractivity contribution in [2.24, 2.45) is 0 Å². The molecular formula is C16H23F3N4O. The van der Waals surface area contributed by atoms with Gasteiger partial charge in [-0.3, -0.25) is 4.90 Å². The van der Waals surface area contributed by atoms with Crippen LogP contribution in [0, 0.1) is 0 Å². The van der Waals surface area contributed by atoms with Crippen molar-refractivity contribution >= 4 is 11.7 Å². The lowest BCUT2D eigenvalue weighted by atomic mass is 10.2. The number of hydrogen-bond acceptors (Lipinski definition) is 3. The highest BCUT2D eigenvalue weighted by Crippen LogP contribution is 2.29. The minimum Gasteiger partial charge on any atom is -0.334 e. The summed E-state index contributed by atoms with van der Waals surface area (Å²) in [5.41, 5.74) is -0.413. The van der Waals surface area contributed by atoms with E-state index < -0.39 is 17.8 Å². The number of piperazine rings is 1. The molecule has 2 amide bonds. The Bertz CT molecular complexity index is 539. The van der Waals surface area contributed by atoms with Crippen LogP contribution in [0.2, 0.25) is 0 Å². The highest BCUT2D eigenvalue weighted by molar-refractivity contribution is 5.89. The van der Waals surface area contributed by atoms with Crippen molar-refractivity contribution in [1.29, 1.82) is 0 Å². The van der Waals surface area contributed by atoms with E-state index in [0.29, 0.717) is 5.69 Å². The molecule has 1 heterocycles. The molecule has 1 atom stereocenters. The first-order chi connectivity index (χ1) is 11.2. The number of anilines is 1. The van der Waals surface area contributed by atoms with Gasteiger partial charge < -0.3 is 15.5 Å². The van der Waals surface area contributed by atoms with Crippen LogP contribution in [-0.4, -0.2) is 61.6 Å². The van der Waals surface area contributed by atoms with Crippen molar-refractivity contribution in [1.82, 2.24) is 15.1 Å². The molecule has 134 valence electrons. The maximum absolute atomic E-state index is 12.5. The fraction of sp³-hybridized carbons (Fsp3) is 0.562. The molecule has 8 heteroatoms. The molecule has 0 aliphatic carbocycles. The third-order valence-electron chi connectivity index (χ3n) is 3.98. The number of nitrogens with one attached hydrogen (secondary N) is 2. The monoisotopic (exact) mass is 344 g/mol. The van der Waals surface area contributed by atoms with Gasteiger partial charge in [-0.05, 0) is 38.2 Å². The molecule has 0 aromatic heterocycles. The lowest BCUT2D eigenvalue weighted by Crippen LogP contribution is -2.50. The number of benzene rings is 1. The van der Waals surface area contributed by atoms with E-state index in [0.717, 1.165) is 44.9 Å². The molecular weight excluding hydrogens is 321 g/mol. The zero-order valence-electron chi connectivity index (χ0n) is 13.9. The summed E-state index contributed by atoms with van der Waals surface area (Å²) in [4.78, 5) is 16.5. The lowest BCUT2D eigenvalue weighted by molar-refractivity contribution is -0.137. The molecule has 2 rings (SSSR count). The fourth-order valence-corrected chi connectivity index (χ4v) is 2.60. The predicted octanol–water partition coefficient (Wildman–Crippen LogP) is 2.46. The largest absolute Gasteiger partial charge is 0.416 e. The molecule has 1 fully saturated rings. The van der Waals surface area contributed by atoms with Crippen LogP contribution in [0.25, 0.3) is 0 Å². The second-order valence-electron chi connectivity index (χ2n) is 6.18. The van der Waals surface area contributed by atoms with Crippen molar-refractivity contribution < 1.29 is 18.0 Å². The minimum atomic E-state index is -4.38. The van der Waals surface area contributed by atoms with Gasteiger partial charge in [-0.1, -0.05) is 0 Å². The number of nitrogens with zero attached hydrogens (tertiary/aromatic N) is 2. The molecule has 2 N–H and O–H groups in total. The second kappa shape index (κ2) is 7.85. The van der Waals surface area contributed by atoms with Crippen molar-refractivity contribution in [3.05, 3.63) is 29.8 Å². The first-order valence-electron chi connectivity index (χ1n) is 7.90. The zero-order valence-corrected chi connectivity index (χ0v) is 13.9. The summed E-state index contributed by atoms with van der Waals surface area (Å²) >= 11 is 0. The Balaban J connectivity index is 1.78. The molecule has 1 aliphatic heterocycles. The zero-order chi connectivity index (χ0) is 17.7. The number of carbonyl (C=O) groups is 1. The molecule has 1 aromatic rings. The number of urea groups is 1. The van der Waals surface area contributed by atoms with Gasteiger partial charge >= 0.3 is 12.2 Å². The van der Waals surface area contributed by atoms with Crippen molar-refractivity contribution in [2.75, 3.05) is 45.1 Å². The average Bonchev–Trinajstić information content (AvgIpc) is 2.49. The first kappa shape index (κ1) is 18.5. The SMILES string of the molecule is CC(CN1CCN(C)CC1)NC(=O)Nc1ccc(C(F)(F)F)cc1. The Morgan fingerprint density at radius 3 is 2.29 bits per heavy atom. The van der Waals surface area contributed by atoms with Gasteiger partial charge in [0.2, 0.25) is 0 Å². The van der Waals surface area contributed by atoms with Crippen LogP contribution in [0.3, 0.4) is 0 Å². The number of rotatable bonds is 4.